The molecule has 0 bridgehead atoms. The van der Waals surface area contributed by atoms with Crippen molar-refractivity contribution in [3.63, 3.8) is 0 Å². The van der Waals surface area contributed by atoms with E-state index in [1.165, 1.54) is 13.2 Å². The van der Waals surface area contributed by atoms with Gasteiger partial charge in [-0.05, 0) is 55.2 Å². The summed E-state index contributed by atoms with van der Waals surface area (Å²) < 4.78 is 5.02. The third kappa shape index (κ3) is 4.06. The molecule has 1 N–H and O–H groups in total. The van der Waals surface area contributed by atoms with Crippen LogP contribution in [0.25, 0.3) is 12.2 Å². The number of nitro groups is 1. The first-order valence-electron chi connectivity index (χ1n) is 8.56. The number of ketones is 1. The highest BCUT2D eigenvalue weighted by molar-refractivity contribution is 6.14. The van der Waals surface area contributed by atoms with Gasteiger partial charge >= 0.3 is 0 Å². The van der Waals surface area contributed by atoms with Crippen molar-refractivity contribution in [1.82, 2.24) is 0 Å². The van der Waals surface area contributed by atoms with Crippen molar-refractivity contribution in [3.05, 3.63) is 74.9 Å². The summed E-state index contributed by atoms with van der Waals surface area (Å²) in [6, 6.07) is 11.3. The number of carbonyl (C=O) groups excluding carboxylic acids is 1. The molecular weight excluding hydrogens is 346 g/mol. The summed E-state index contributed by atoms with van der Waals surface area (Å²) in [5.41, 5.74) is 2.28. The van der Waals surface area contributed by atoms with Gasteiger partial charge in [0.25, 0.3) is 5.69 Å². The van der Waals surface area contributed by atoms with Crippen molar-refractivity contribution in [1.29, 1.82) is 0 Å². The Balaban J connectivity index is 1.92. The van der Waals surface area contributed by atoms with Crippen molar-refractivity contribution in [2.45, 2.75) is 19.3 Å². The number of methoxy groups -OCH3 is 1. The van der Waals surface area contributed by atoms with Gasteiger partial charge in [-0.2, -0.15) is 0 Å². The van der Waals surface area contributed by atoms with E-state index < -0.39 is 4.92 Å². The number of hydrogen-bond acceptors (Lipinski definition) is 5. The maximum absolute atomic E-state index is 12.8. The molecule has 1 aliphatic carbocycles. The highest BCUT2D eigenvalue weighted by Gasteiger charge is 2.22. The summed E-state index contributed by atoms with van der Waals surface area (Å²) in [4.78, 5) is 23.6. The molecular formula is C21H19NO5. The standard InChI is InChI=1S/C21H19NO5/c1-27-20-10-9-14(12-19(20)23)11-16-6-4-7-17(21(16)24)13-15-5-2-3-8-18(15)22(25)26/h2-3,5,8-13,23H,4,6-7H2,1H3/b16-11+,17-13+. The van der Waals surface area contributed by atoms with Gasteiger partial charge in [-0.25, -0.2) is 0 Å². The number of ether oxygens (including phenoxy) is 1. The zero-order valence-corrected chi connectivity index (χ0v) is 14.8. The summed E-state index contributed by atoms with van der Waals surface area (Å²) in [5, 5.41) is 21.1. The van der Waals surface area contributed by atoms with Gasteiger partial charge in [0.05, 0.1) is 17.6 Å². The Hall–Kier alpha value is -3.41. The molecule has 6 heteroatoms. The molecule has 0 saturated heterocycles. The van der Waals surface area contributed by atoms with E-state index in [2.05, 4.69) is 0 Å². The highest BCUT2D eigenvalue weighted by atomic mass is 16.6. The molecule has 2 aromatic rings. The van der Waals surface area contributed by atoms with Crippen LogP contribution in [0, 0.1) is 10.1 Å². The Morgan fingerprint density at radius 1 is 1.11 bits per heavy atom. The van der Waals surface area contributed by atoms with Crippen LogP contribution in [-0.2, 0) is 4.79 Å². The Morgan fingerprint density at radius 2 is 1.81 bits per heavy atom. The second-order valence-electron chi connectivity index (χ2n) is 6.27. The summed E-state index contributed by atoms with van der Waals surface area (Å²) in [6.07, 6.45) is 5.34. The molecule has 6 nitrogen and oxygen atoms in total. The third-order valence-corrected chi connectivity index (χ3v) is 4.48. The van der Waals surface area contributed by atoms with E-state index in [0.717, 1.165) is 6.42 Å². The van der Waals surface area contributed by atoms with Crippen LogP contribution in [0.5, 0.6) is 11.5 Å². The second-order valence-corrected chi connectivity index (χ2v) is 6.27. The van der Waals surface area contributed by atoms with E-state index in [9.17, 15) is 20.0 Å². The molecule has 0 amide bonds. The van der Waals surface area contributed by atoms with Crippen molar-refractivity contribution < 1.29 is 19.6 Å². The zero-order valence-electron chi connectivity index (χ0n) is 14.8. The van der Waals surface area contributed by atoms with Crippen LogP contribution in [0.15, 0.2) is 53.6 Å². The predicted octanol–water partition coefficient (Wildman–Crippen LogP) is 4.53. The average molecular weight is 365 g/mol. The fraction of sp³-hybridized carbons (Fsp3) is 0.190. The number of para-hydroxylation sites is 1. The smallest absolute Gasteiger partial charge is 0.276 e. The van der Waals surface area contributed by atoms with Gasteiger partial charge in [-0.15, -0.1) is 0 Å². The minimum Gasteiger partial charge on any atom is -0.504 e. The van der Waals surface area contributed by atoms with Gasteiger partial charge in [0.15, 0.2) is 17.3 Å². The number of phenolic OH excluding ortho intramolecular Hbond substituents is 1. The van der Waals surface area contributed by atoms with Crippen molar-refractivity contribution in [3.8, 4) is 11.5 Å². The SMILES string of the molecule is COc1ccc(/C=C2\CCC/C(=C\c3ccccc3[N+](=O)[O-])C2=O)cc1O. The molecule has 1 aliphatic rings. The largest absolute Gasteiger partial charge is 0.504 e. The third-order valence-electron chi connectivity index (χ3n) is 4.48. The molecule has 2 aromatic carbocycles. The first-order chi connectivity index (χ1) is 13.0. The lowest BCUT2D eigenvalue weighted by molar-refractivity contribution is -0.385. The molecule has 0 heterocycles. The van der Waals surface area contributed by atoms with E-state index in [-0.39, 0.29) is 17.2 Å². The molecule has 138 valence electrons. The molecule has 0 aromatic heterocycles. The van der Waals surface area contributed by atoms with Gasteiger partial charge in [-0.3, -0.25) is 14.9 Å². The van der Waals surface area contributed by atoms with Crippen LogP contribution in [-0.4, -0.2) is 22.9 Å². The monoisotopic (exact) mass is 365 g/mol. The number of allylic oxidation sites excluding steroid dienone is 2. The summed E-state index contributed by atoms with van der Waals surface area (Å²) in [7, 11) is 1.47. The lowest BCUT2D eigenvalue weighted by Crippen LogP contribution is -2.12. The van der Waals surface area contributed by atoms with E-state index in [4.69, 9.17) is 4.74 Å². The molecule has 0 aliphatic heterocycles. The zero-order chi connectivity index (χ0) is 19.4. The number of nitro benzene ring substituents is 1. The summed E-state index contributed by atoms with van der Waals surface area (Å²) in [5.74, 6) is 0.254. The van der Waals surface area contributed by atoms with E-state index in [1.54, 1.807) is 48.6 Å². The van der Waals surface area contributed by atoms with Crippen LogP contribution in [0.1, 0.15) is 30.4 Å². The van der Waals surface area contributed by atoms with Crippen LogP contribution in [0.4, 0.5) is 5.69 Å². The number of aromatic hydroxyl groups is 1. The number of rotatable bonds is 4. The van der Waals surface area contributed by atoms with Gasteiger partial charge in [0.1, 0.15) is 0 Å². The molecule has 27 heavy (non-hydrogen) atoms. The van der Waals surface area contributed by atoms with E-state index in [0.29, 0.717) is 40.9 Å². The summed E-state index contributed by atoms with van der Waals surface area (Å²) >= 11 is 0. The molecule has 0 spiro atoms. The normalized spacial score (nSPS) is 17.3. The molecule has 1 saturated carbocycles. The van der Waals surface area contributed by atoms with E-state index in [1.807, 2.05) is 0 Å². The van der Waals surface area contributed by atoms with Crippen LogP contribution in [0.3, 0.4) is 0 Å². The van der Waals surface area contributed by atoms with Gasteiger partial charge in [0.2, 0.25) is 0 Å². The van der Waals surface area contributed by atoms with Crippen molar-refractivity contribution >= 4 is 23.6 Å². The molecule has 3 rings (SSSR count). The lowest BCUT2D eigenvalue weighted by Gasteiger charge is -2.16. The maximum atomic E-state index is 12.8. The van der Waals surface area contributed by atoms with E-state index >= 15 is 0 Å². The number of nitrogens with zero attached hydrogens (tertiary/aromatic N) is 1. The number of hydrogen-bond donors (Lipinski definition) is 1. The summed E-state index contributed by atoms with van der Waals surface area (Å²) in [6.45, 7) is 0. The first-order valence-corrected chi connectivity index (χ1v) is 8.56. The molecule has 0 atom stereocenters. The number of Topliss-reactive ketones (excluding diaryl/α,β-unsaturated/α-hetero) is 1. The average Bonchev–Trinajstić information content (AvgIpc) is 2.65. The number of phenols is 1. The van der Waals surface area contributed by atoms with Crippen LogP contribution in [0.2, 0.25) is 0 Å². The lowest BCUT2D eigenvalue weighted by atomic mass is 9.86. The fourth-order valence-corrected chi connectivity index (χ4v) is 3.14. The van der Waals surface area contributed by atoms with Crippen molar-refractivity contribution in [2.75, 3.05) is 7.11 Å². The number of benzene rings is 2. The predicted molar refractivity (Wildman–Crippen MR) is 103 cm³/mol. The van der Waals surface area contributed by atoms with Crippen LogP contribution >= 0.6 is 0 Å². The van der Waals surface area contributed by atoms with Gasteiger partial charge < -0.3 is 9.84 Å². The topological polar surface area (TPSA) is 89.7 Å². The molecule has 0 unspecified atom stereocenters. The van der Waals surface area contributed by atoms with Crippen LogP contribution < -0.4 is 4.74 Å². The fourth-order valence-electron chi connectivity index (χ4n) is 3.14. The Bertz CT molecular complexity index is 959. The van der Waals surface area contributed by atoms with Crippen molar-refractivity contribution in [2.24, 2.45) is 0 Å². The second kappa shape index (κ2) is 7.86. The van der Waals surface area contributed by atoms with Gasteiger partial charge in [0, 0.05) is 17.2 Å². The van der Waals surface area contributed by atoms with Gasteiger partial charge in [-0.1, -0.05) is 18.2 Å². The Kier molecular flexibility index (Phi) is 5.35. The quantitative estimate of drug-likeness (QED) is 0.488. The first kappa shape index (κ1) is 18.4. The minimum absolute atomic E-state index is 0.00536. The minimum atomic E-state index is -0.448. The Morgan fingerprint density at radius 3 is 2.48 bits per heavy atom. The molecule has 1 fully saturated rings. The Labute approximate surface area is 156 Å². The highest BCUT2D eigenvalue weighted by Crippen LogP contribution is 2.32. The molecule has 0 radical (unpaired) electrons. The maximum Gasteiger partial charge on any atom is 0.276 e. The number of carbonyl (C=O) groups is 1.